The minimum absolute atomic E-state index is 0.404. The summed E-state index contributed by atoms with van der Waals surface area (Å²) in [6.07, 6.45) is 3.39. The number of aliphatic imine (C=N–C) groups is 1. The van der Waals surface area contributed by atoms with Gasteiger partial charge in [0.15, 0.2) is 0 Å². The normalized spacial score (nSPS) is 14.9. The third-order valence-corrected chi connectivity index (χ3v) is 4.07. The second kappa shape index (κ2) is 4.71. The van der Waals surface area contributed by atoms with Gasteiger partial charge in [0.2, 0.25) is 0 Å². The van der Waals surface area contributed by atoms with Gasteiger partial charge in [-0.05, 0) is 22.8 Å². The van der Waals surface area contributed by atoms with Crippen molar-refractivity contribution in [2.24, 2.45) is 4.99 Å². The molecule has 1 aliphatic heterocycles. The molecule has 0 fully saturated rings. The molecule has 0 aromatic heterocycles. The Morgan fingerprint density at radius 2 is 1.14 bits per heavy atom. The maximum Gasteiger partial charge on any atom is 0.0914 e. The number of hydrogen-bond donors (Lipinski definition) is 0. The van der Waals surface area contributed by atoms with E-state index in [1.165, 1.54) is 16.7 Å². The Kier molecular flexibility index (Phi) is 2.71. The molecule has 0 unspecified atom stereocenters. The van der Waals surface area contributed by atoms with E-state index in [4.69, 9.17) is 0 Å². The van der Waals surface area contributed by atoms with Gasteiger partial charge in [0.05, 0.1) is 17.3 Å². The monoisotopic (exact) mass is 268 g/mol. The van der Waals surface area contributed by atoms with Crippen molar-refractivity contribution < 1.29 is 0 Å². The average Bonchev–Trinajstić information content (AvgIpc) is 2.97. The topological polar surface area (TPSA) is 12.4 Å². The van der Waals surface area contributed by atoms with Crippen molar-refractivity contribution in [3.63, 3.8) is 0 Å². The lowest BCUT2D eigenvalue weighted by Gasteiger charge is -2.28. The summed E-state index contributed by atoms with van der Waals surface area (Å²) in [5.74, 6) is 0. The van der Waals surface area contributed by atoms with E-state index < -0.39 is 5.41 Å². The number of hydrogen-bond acceptors (Lipinski definition) is 1. The molecule has 1 heteroatoms. The Hall–Kier alpha value is -2.67. The standard InChI is InChI=1S/C20H14N/c1-3-9-16(10-4-1)20(17-11-5-2-6-12-17)15-21-19-14-8-7-13-18(19)20/h1-14H. The molecule has 0 N–H and O–H groups in total. The number of benzene rings is 3. The van der Waals surface area contributed by atoms with Crippen LogP contribution in [-0.4, -0.2) is 6.21 Å². The molecule has 0 amide bonds. The molecule has 0 saturated heterocycles. The van der Waals surface area contributed by atoms with Crippen molar-refractivity contribution in [2.45, 2.75) is 5.41 Å². The Bertz CT molecular complexity index is 749. The van der Waals surface area contributed by atoms with E-state index in [-0.39, 0.29) is 0 Å². The zero-order valence-corrected chi connectivity index (χ0v) is 11.5. The number of fused-ring (bicyclic) bond motifs is 1. The Morgan fingerprint density at radius 1 is 0.619 bits per heavy atom. The zero-order valence-electron chi connectivity index (χ0n) is 11.5. The fraction of sp³-hybridized carbons (Fsp3) is 0.0500. The Morgan fingerprint density at radius 3 is 1.76 bits per heavy atom. The van der Waals surface area contributed by atoms with Crippen LogP contribution in [0.4, 0.5) is 5.69 Å². The molecular formula is C20H14N. The molecule has 0 atom stereocenters. The molecule has 3 aromatic rings. The highest BCUT2D eigenvalue weighted by molar-refractivity contribution is 5.93. The third kappa shape index (κ3) is 1.74. The molecule has 0 bridgehead atoms. The molecule has 0 spiro atoms. The van der Waals surface area contributed by atoms with Gasteiger partial charge in [0.25, 0.3) is 0 Å². The van der Waals surface area contributed by atoms with Crippen LogP contribution < -0.4 is 0 Å². The maximum atomic E-state index is 4.56. The largest absolute Gasteiger partial charge is 0.249 e. The van der Waals surface area contributed by atoms with E-state index >= 15 is 0 Å². The minimum atomic E-state index is -0.404. The van der Waals surface area contributed by atoms with Crippen LogP contribution in [0.5, 0.6) is 0 Å². The Labute approximate surface area is 124 Å². The van der Waals surface area contributed by atoms with Crippen LogP contribution in [0.25, 0.3) is 0 Å². The summed E-state index contributed by atoms with van der Waals surface area (Å²) in [5, 5.41) is 0. The van der Waals surface area contributed by atoms with Crippen LogP contribution in [0.2, 0.25) is 0 Å². The van der Waals surface area contributed by atoms with E-state index in [1.54, 1.807) is 0 Å². The van der Waals surface area contributed by atoms with E-state index in [1.807, 2.05) is 18.2 Å². The molecule has 1 heterocycles. The van der Waals surface area contributed by atoms with Crippen molar-refractivity contribution in [1.29, 1.82) is 0 Å². The van der Waals surface area contributed by atoms with Gasteiger partial charge in [-0.3, -0.25) is 0 Å². The Balaban J connectivity index is 2.05. The third-order valence-electron chi connectivity index (χ3n) is 4.07. The van der Waals surface area contributed by atoms with Crippen LogP contribution >= 0.6 is 0 Å². The highest BCUT2D eigenvalue weighted by Gasteiger charge is 2.40. The van der Waals surface area contributed by atoms with Gasteiger partial charge < -0.3 is 0 Å². The van der Waals surface area contributed by atoms with E-state index in [0.717, 1.165) is 5.69 Å². The summed E-state index contributed by atoms with van der Waals surface area (Å²) in [5.41, 5.74) is 4.20. The molecule has 1 radical (unpaired) electrons. The maximum absolute atomic E-state index is 4.56. The number of para-hydroxylation sites is 1. The van der Waals surface area contributed by atoms with Gasteiger partial charge in [0.1, 0.15) is 0 Å². The molecule has 21 heavy (non-hydrogen) atoms. The molecule has 0 saturated carbocycles. The lowest BCUT2D eigenvalue weighted by atomic mass is 9.71. The van der Waals surface area contributed by atoms with Crippen LogP contribution in [0, 0.1) is 0 Å². The molecule has 0 aliphatic carbocycles. The first-order chi connectivity index (χ1) is 10.4. The molecule has 99 valence electrons. The second-order valence-corrected chi connectivity index (χ2v) is 5.22. The summed E-state index contributed by atoms with van der Waals surface area (Å²) in [4.78, 5) is 4.56. The molecule has 4 rings (SSSR count). The number of rotatable bonds is 2. The lowest BCUT2D eigenvalue weighted by Crippen LogP contribution is -2.28. The predicted molar refractivity (Wildman–Crippen MR) is 86.3 cm³/mol. The van der Waals surface area contributed by atoms with Crippen molar-refractivity contribution in [3.8, 4) is 0 Å². The lowest BCUT2D eigenvalue weighted by molar-refractivity contribution is 0.868. The van der Waals surface area contributed by atoms with Crippen molar-refractivity contribution in [1.82, 2.24) is 0 Å². The first-order valence-electron chi connectivity index (χ1n) is 7.10. The fourth-order valence-corrected chi connectivity index (χ4v) is 3.08. The first-order valence-corrected chi connectivity index (χ1v) is 7.10. The van der Waals surface area contributed by atoms with Gasteiger partial charge >= 0.3 is 0 Å². The zero-order chi connectivity index (χ0) is 14.1. The smallest absolute Gasteiger partial charge is 0.0914 e. The molecular weight excluding hydrogens is 254 g/mol. The summed E-state index contributed by atoms with van der Waals surface area (Å²) >= 11 is 0. The van der Waals surface area contributed by atoms with Crippen LogP contribution in [-0.2, 0) is 5.41 Å². The van der Waals surface area contributed by atoms with Crippen molar-refractivity contribution >= 4 is 11.9 Å². The summed E-state index contributed by atoms with van der Waals surface area (Å²) in [7, 11) is 0. The first kappa shape index (κ1) is 12.1. The SMILES string of the molecule is [C]1=Nc2ccccc2C1(c1ccccc1)c1ccccc1. The van der Waals surface area contributed by atoms with Gasteiger partial charge in [-0.2, -0.15) is 0 Å². The van der Waals surface area contributed by atoms with Crippen molar-refractivity contribution in [3.05, 3.63) is 102 Å². The summed E-state index contributed by atoms with van der Waals surface area (Å²) in [6.45, 7) is 0. The molecule has 1 aliphatic rings. The van der Waals surface area contributed by atoms with E-state index in [0.29, 0.717) is 0 Å². The van der Waals surface area contributed by atoms with Gasteiger partial charge in [-0.1, -0.05) is 78.9 Å². The highest BCUT2D eigenvalue weighted by atomic mass is 14.8. The van der Waals surface area contributed by atoms with Crippen LogP contribution in [0.3, 0.4) is 0 Å². The molecule has 1 nitrogen and oxygen atoms in total. The van der Waals surface area contributed by atoms with Gasteiger partial charge in [0, 0.05) is 0 Å². The van der Waals surface area contributed by atoms with Crippen LogP contribution in [0.15, 0.2) is 89.9 Å². The highest BCUT2D eigenvalue weighted by Crippen LogP contribution is 2.45. The summed E-state index contributed by atoms with van der Waals surface area (Å²) < 4.78 is 0. The minimum Gasteiger partial charge on any atom is -0.249 e. The summed E-state index contributed by atoms with van der Waals surface area (Å²) in [6, 6.07) is 29.3. The average molecular weight is 268 g/mol. The predicted octanol–water partition coefficient (Wildman–Crippen LogP) is 4.61. The molecule has 3 aromatic carbocycles. The van der Waals surface area contributed by atoms with Gasteiger partial charge in [-0.25, -0.2) is 4.99 Å². The van der Waals surface area contributed by atoms with Crippen LogP contribution in [0.1, 0.15) is 16.7 Å². The van der Waals surface area contributed by atoms with Gasteiger partial charge in [-0.15, -0.1) is 0 Å². The van der Waals surface area contributed by atoms with E-state index in [9.17, 15) is 0 Å². The van der Waals surface area contributed by atoms with Crippen molar-refractivity contribution in [2.75, 3.05) is 0 Å². The number of nitrogens with zero attached hydrogens (tertiary/aromatic N) is 1. The second-order valence-electron chi connectivity index (χ2n) is 5.22. The van der Waals surface area contributed by atoms with E-state index in [2.05, 4.69) is 77.9 Å². The fourth-order valence-electron chi connectivity index (χ4n) is 3.08. The quantitative estimate of drug-likeness (QED) is 0.643.